The van der Waals surface area contributed by atoms with Crippen LogP contribution in [0.15, 0.2) is 54.6 Å². The molecule has 4 rings (SSSR count). The zero-order valence-corrected chi connectivity index (χ0v) is 12.2. The lowest BCUT2D eigenvalue weighted by Crippen LogP contribution is -2.24. The van der Waals surface area contributed by atoms with E-state index in [4.69, 9.17) is 4.74 Å². The summed E-state index contributed by atoms with van der Waals surface area (Å²) in [4.78, 5) is 0. The summed E-state index contributed by atoms with van der Waals surface area (Å²) in [7, 11) is 0. The first-order chi connectivity index (χ1) is 10.4. The third kappa shape index (κ3) is 3.21. The second-order valence-electron chi connectivity index (χ2n) is 6.28. The molecule has 2 aliphatic carbocycles. The smallest absolute Gasteiger partial charge is 0.127 e. The van der Waals surface area contributed by atoms with E-state index in [2.05, 4.69) is 17.4 Å². The summed E-state index contributed by atoms with van der Waals surface area (Å²) in [6.45, 7) is 0. The highest BCUT2D eigenvalue weighted by Gasteiger charge is 2.41. The Hall–Kier alpha value is -1.96. The van der Waals surface area contributed by atoms with E-state index in [1.807, 2.05) is 42.5 Å². The summed E-state index contributed by atoms with van der Waals surface area (Å²) in [5, 5.41) is 3.74. The molecule has 2 saturated carbocycles. The maximum atomic E-state index is 5.83. The van der Waals surface area contributed by atoms with Crippen LogP contribution in [0.1, 0.15) is 25.7 Å². The van der Waals surface area contributed by atoms with Crippen LogP contribution in [0.3, 0.4) is 0 Å². The maximum absolute atomic E-state index is 5.83. The average Bonchev–Trinajstić information content (AvgIpc) is 3.40. The fraction of sp³-hybridized carbons (Fsp3) is 0.368. The molecule has 2 aliphatic rings. The summed E-state index contributed by atoms with van der Waals surface area (Å²) in [6.07, 6.45) is 5.62. The van der Waals surface area contributed by atoms with Crippen molar-refractivity contribution in [2.75, 3.05) is 5.32 Å². The molecule has 0 unspecified atom stereocenters. The molecular formula is C19H21NO. The van der Waals surface area contributed by atoms with Crippen molar-refractivity contribution in [1.82, 2.24) is 0 Å². The van der Waals surface area contributed by atoms with E-state index in [9.17, 15) is 0 Å². The fourth-order valence-electron chi connectivity index (χ4n) is 2.97. The molecule has 21 heavy (non-hydrogen) atoms. The topological polar surface area (TPSA) is 21.3 Å². The van der Waals surface area contributed by atoms with Crippen LogP contribution in [0.5, 0.6) is 11.5 Å². The molecule has 1 N–H and O–H groups in total. The molecule has 0 spiro atoms. The molecule has 108 valence electrons. The second kappa shape index (κ2) is 5.44. The lowest BCUT2D eigenvalue weighted by molar-refractivity contribution is 0.482. The van der Waals surface area contributed by atoms with E-state index in [1.54, 1.807) is 0 Å². The van der Waals surface area contributed by atoms with Gasteiger partial charge in [-0.1, -0.05) is 18.2 Å². The van der Waals surface area contributed by atoms with Crippen LogP contribution in [0.25, 0.3) is 0 Å². The van der Waals surface area contributed by atoms with E-state index < -0.39 is 0 Å². The number of ether oxygens (including phenoxy) is 1. The zero-order valence-electron chi connectivity index (χ0n) is 12.2. The molecule has 2 aromatic rings. The minimum atomic E-state index is 0.700. The van der Waals surface area contributed by atoms with Gasteiger partial charge in [0.1, 0.15) is 11.5 Å². The predicted octanol–water partition coefficient (Wildman–Crippen LogP) is 5.08. The van der Waals surface area contributed by atoms with Crippen molar-refractivity contribution in [2.24, 2.45) is 11.8 Å². The van der Waals surface area contributed by atoms with Crippen molar-refractivity contribution in [1.29, 1.82) is 0 Å². The van der Waals surface area contributed by atoms with Gasteiger partial charge in [-0.2, -0.15) is 0 Å². The van der Waals surface area contributed by atoms with E-state index in [0.717, 1.165) is 23.3 Å². The Morgan fingerprint density at radius 3 is 1.90 bits per heavy atom. The SMILES string of the molecule is c1ccc(Oc2ccc(NC(C3CC3)C3CC3)cc2)cc1. The van der Waals surface area contributed by atoms with Crippen LogP contribution in [-0.2, 0) is 0 Å². The number of nitrogens with one attached hydrogen (secondary N) is 1. The largest absolute Gasteiger partial charge is 0.457 e. The summed E-state index contributed by atoms with van der Waals surface area (Å²) < 4.78 is 5.83. The third-order valence-corrected chi connectivity index (χ3v) is 4.43. The second-order valence-corrected chi connectivity index (χ2v) is 6.28. The summed E-state index contributed by atoms with van der Waals surface area (Å²) in [5.41, 5.74) is 1.22. The van der Waals surface area contributed by atoms with E-state index in [-0.39, 0.29) is 0 Å². The lowest BCUT2D eigenvalue weighted by Gasteiger charge is -2.19. The van der Waals surface area contributed by atoms with Crippen LogP contribution in [0.4, 0.5) is 5.69 Å². The Labute approximate surface area is 126 Å². The molecule has 0 amide bonds. The Kier molecular flexibility index (Phi) is 3.30. The van der Waals surface area contributed by atoms with Gasteiger partial charge >= 0.3 is 0 Å². The maximum Gasteiger partial charge on any atom is 0.127 e. The zero-order chi connectivity index (χ0) is 14.1. The van der Waals surface area contributed by atoms with Crippen LogP contribution in [0, 0.1) is 11.8 Å². The monoisotopic (exact) mass is 279 g/mol. The van der Waals surface area contributed by atoms with Gasteiger partial charge in [-0.15, -0.1) is 0 Å². The van der Waals surface area contributed by atoms with Gasteiger partial charge in [0, 0.05) is 11.7 Å². The van der Waals surface area contributed by atoms with E-state index >= 15 is 0 Å². The van der Waals surface area contributed by atoms with Crippen molar-refractivity contribution >= 4 is 5.69 Å². The number of benzene rings is 2. The summed E-state index contributed by atoms with van der Waals surface area (Å²) >= 11 is 0. The van der Waals surface area contributed by atoms with Crippen molar-refractivity contribution in [3.8, 4) is 11.5 Å². The van der Waals surface area contributed by atoms with Crippen molar-refractivity contribution in [2.45, 2.75) is 31.7 Å². The number of hydrogen-bond donors (Lipinski definition) is 1. The highest BCUT2D eigenvalue weighted by molar-refractivity contribution is 5.48. The van der Waals surface area contributed by atoms with Gasteiger partial charge in [-0.25, -0.2) is 0 Å². The number of anilines is 1. The minimum absolute atomic E-state index is 0.700. The van der Waals surface area contributed by atoms with E-state index in [0.29, 0.717) is 6.04 Å². The van der Waals surface area contributed by atoms with Crippen LogP contribution in [0.2, 0.25) is 0 Å². The molecule has 0 radical (unpaired) electrons. The van der Waals surface area contributed by atoms with Crippen molar-refractivity contribution in [3.63, 3.8) is 0 Å². The Balaban J connectivity index is 1.41. The Morgan fingerprint density at radius 2 is 1.33 bits per heavy atom. The first kappa shape index (κ1) is 12.8. The van der Waals surface area contributed by atoms with Crippen LogP contribution >= 0.6 is 0 Å². The molecule has 2 aromatic carbocycles. The van der Waals surface area contributed by atoms with Gasteiger partial charge in [0.05, 0.1) is 0 Å². The molecule has 2 nitrogen and oxygen atoms in total. The quantitative estimate of drug-likeness (QED) is 0.796. The minimum Gasteiger partial charge on any atom is -0.457 e. The molecule has 0 aliphatic heterocycles. The molecular weight excluding hydrogens is 258 g/mol. The van der Waals surface area contributed by atoms with Gasteiger partial charge in [-0.05, 0) is 73.9 Å². The molecule has 0 aromatic heterocycles. The van der Waals surface area contributed by atoms with Crippen LogP contribution < -0.4 is 10.1 Å². The predicted molar refractivity (Wildman–Crippen MR) is 85.8 cm³/mol. The molecule has 0 bridgehead atoms. The fourth-order valence-corrected chi connectivity index (χ4v) is 2.97. The van der Waals surface area contributed by atoms with Gasteiger partial charge in [0.25, 0.3) is 0 Å². The van der Waals surface area contributed by atoms with Crippen LogP contribution in [-0.4, -0.2) is 6.04 Å². The summed E-state index contributed by atoms with van der Waals surface area (Å²) in [6, 6.07) is 19.0. The first-order valence-electron chi connectivity index (χ1n) is 7.98. The first-order valence-corrected chi connectivity index (χ1v) is 7.98. The van der Waals surface area contributed by atoms with Gasteiger partial charge in [-0.3, -0.25) is 0 Å². The van der Waals surface area contributed by atoms with Crippen molar-refractivity contribution in [3.05, 3.63) is 54.6 Å². The van der Waals surface area contributed by atoms with Gasteiger partial charge < -0.3 is 10.1 Å². The van der Waals surface area contributed by atoms with Gasteiger partial charge in [0.2, 0.25) is 0 Å². The standard InChI is InChI=1S/C19H21NO/c1-2-4-17(5-3-1)21-18-12-10-16(11-13-18)20-19(14-6-7-14)15-8-9-15/h1-5,10-15,19-20H,6-9H2. The molecule has 2 heteroatoms. The highest BCUT2D eigenvalue weighted by atomic mass is 16.5. The average molecular weight is 279 g/mol. The molecule has 0 heterocycles. The van der Waals surface area contributed by atoms with E-state index in [1.165, 1.54) is 31.4 Å². The Morgan fingerprint density at radius 1 is 0.762 bits per heavy atom. The number of hydrogen-bond acceptors (Lipinski definition) is 2. The lowest BCUT2D eigenvalue weighted by atomic mass is 10.1. The third-order valence-electron chi connectivity index (χ3n) is 4.43. The highest BCUT2D eigenvalue weighted by Crippen LogP contribution is 2.45. The number of para-hydroxylation sites is 1. The Bertz CT molecular complexity index is 573. The molecule has 0 atom stereocenters. The molecule has 2 fully saturated rings. The number of rotatable bonds is 6. The summed E-state index contributed by atoms with van der Waals surface area (Å²) in [5.74, 6) is 3.60. The molecule has 0 saturated heterocycles. The van der Waals surface area contributed by atoms with Crippen molar-refractivity contribution < 1.29 is 4.74 Å². The van der Waals surface area contributed by atoms with Gasteiger partial charge in [0.15, 0.2) is 0 Å². The normalized spacial score (nSPS) is 17.8.